The Morgan fingerprint density at radius 2 is 2.00 bits per heavy atom. The zero-order valence-corrected chi connectivity index (χ0v) is 14.0. The van der Waals surface area contributed by atoms with E-state index in [0.29, 0.717) is 11.3 Å². The van der Waals surface area contributed by atoms with Crippen LogP contribution in [0.2, 0.25) is 5.02 Å². The van der Waals surface area contributed by atoms with Crippen molar-refractivity contribution in [2.75, 3.05) is 0 Å². The highest BCUT2D eigenvalue weighted by Gasteiger charge is 2.19. The van der Waals surface area contributed by atoms with Crippen molar-refractivity contribution < 1.29 is 4.39 Å². The summed E-state index contributed by atoms with van der Waals surface area (Å²) in [4.78, 5) is 4.44. The normalized spacial score (nSPS) is 12.8. The molecular formula is C15H10BrCl2FN2. The number of hydrogen-bond donors (Lipinski definition) is 0. The van der Waals surface area contributed by atoms with Gasteiger partial charge in [0.15, 0.2) is 0 Å². The van der Waals surface area contributed by atoms with Crippen molar-refractivity contribution in [3.63, 3.8) is 0 Å². The van der Waals surface area contributed by atoms with Crippen LogP contribution in [0.3, 0.4) is 0 Å². The van der Waals surface area contributed by atoms with Gasteiger partial charge in [0.25, 0.3) is 0 Å². The molecular weight excluding hydrogens is 378 g/mol. The standard InChI is InChI=1S/C15H10BrCl2FN2/c1-8(17)15-20-12-7-11(19)10(18)6-14(12)21(15)13-5-3-2-4-9(13)16/h2-8H,1H3. The smallest absolute Gasteiger partial charge is 0.144 e. The molecule has 0 saturated heterocycles. The third-order valence-corrected chi connectivity index (χ3v) is 4.33. The summed E-state index contributed by atoms with van der Waals surface area (Å²) < 4.78 is 16.4. The lowest BCUT2D eigenvalue weighted by Crippen LogP contribution is -2.02. The third kappa shape index (κ3) is 2.56. The van der Waals surface area contributed by atoms with Crippen LogP contribution in [0.1, 0.15) is 18.1 Å². The summed E-state index contributed by atoms with van der Waals surface area (Å²) in [5.74, 6) is 0.148. The Morgan fingerprint density at radius 3 is 2.67 bits per heavy atom. The van der Waals surface area contributed by atoms with E-state index < -0.39 is 5.82 Å². The predicted octanol–water partition coefficient (Wildman–Crippen LogP) is 5.88. The molecule has 1 atom stereocenters. The lowest BCUT2D eigenvalue weighted by atomic mass is 10.2. The van der Waals surface area contributed by atoms with E-state index in [4.69, 9.17) is 23.2 Å². The molecule has 0 spiro atoms. The first kappa shape index (κ1) is 14.8. The molecule has 3 aromatic rings. The minimum atomic E-state index is -0.491. The summed E-state index contributed by atoms with van der Waals surface area (Å²) in [5, 5.41) is -0.268. The first-order valence-electron chi connectivity index (χ1n) is 6.25. The second-order valence-corrected chi connectivity index (χ2v) is 6.54. The van der Waals surface area contributed by atoms with Gasteiger partial charge in [-0.25, -0.2) is 9.37 Å². The van der Waals surface area contributed by atoms with Gasteiger partial charge in [-0.1, -0.05) is 23.7 Å². The fourth-order valence-electron chi connectivity index (χ4n) is 2.24. The Kier molecular flexibility index (Phi) is 3.95. The number of benzene rings is 2. The summed E-state index contributed by atoms with van der Waals surface area (Å²) in [6, 6.07) is 10.6. The van der Waals surface area contributed by atoms with E-state index in [-0.39, 0.29) is 10.4 Å². The molecule has 0 aliphatic rings. The Balaban J connectivity index is 2.41. The van der Waals surface area contributed by atoms with Gasteiger partial charge in [0, 0.05) is 10.5 Å². The second-order valence-electron chi connectivity index (χ2n) is 4.63. The predicted molar refractivity (Wildman–Crippen MR) is 88.0 cm³/mol. The SMILES string of the molecule is CC(Cl)c1nc2cc(F)c(Cl)cc2n1-c1ccccc1Br. The number of halogens is 4. The van der Waals surface area contributed by atoms with Gasteiger partial charge in [0.2, 0.25) is 0 Å². The van der Waals surface area contributed by atoms with Crippen molar-refractivity contribution >= 4 is 50.2 Å². The van der Waals surface area contributed by atoms with E-state index in [1.165, 1.54) is 6.07 Å². The summed E-state index contributed by atoms with van der Waals surface area (Å²) in [7, 11) is 0. The van der Waals surface area contributed by atoms with E-state index in [0.717, 1.165) is 15.7 Å². The second kappa shape index (κ2) is 5.59. The summed E-state index contributed by atoms with van der Waals surface area (Å²) in [6.07, 6.45) is 0. The Hall–Kier alpha value is -1.10. The van der Waals surface area contributed by atoms with E-state index in [2.05, 4.69) is 20.9 Å². The van der Waals surface area contributed by atoms with Crippen molar-refractivity contribution in [3.05, 3.63) is 57.5 Å². The molecule has 2 aromatic carbocycles. The molecule has 1 unspecified atom stereocenters. The maximum Gasteiger partial charge on any atom is 0.144 e. The maximum atomic E-state index is 13.6. The first-order chi connectivity index (χ1) is 9.99. The van der Waals surface area contributed by atoms with E-state index in [1.807, 2.05) is 35.8 Å². The van der Waals surface area contributed by atoms with E-state index in [9.17, 15) is 4.39 Å². The molecule has 0 aliphatic heterocycles. The van der Waals surface area contributed by atoms with Crippen LogP contribution in [0.15, 0.2) is 40.9 Å². The van der Waals surface area contributed by atoms with Crippen LogP contribution in [0.4, 0.5) is 4.39 Å². The molecule has 1 heterocycles. The monoisotopic (exact) mass is 386 g/mol. The molecule has 0 aliphatic carbocycles. The van der Waals surface area contributed by atoms with Crippen molar-refractivity contribution in [2.24, 2.45) is 0 Å². The van der Waals surface area contributed by atoms with Gasteiger partial charge >= 0.3 is 0 Å². The Morgan fingerprint density at radius 1 is 1.29 bits per heavy atom. The van der Waals surface area contributed by atoms with E-state index >= 15 is 0 Å². The Labute approximate surface area is 139 Å². The number of fused-ring (bicyclic) bond motifs is 1. The van der Waals surface area contributed by atoms with Crippen LogP contribution < -0.4 is 0 Å². The summed E-state index contributed by atoms with van der Waals surface area (Å²) in [6.45, 7) is 1.83. The molecule has 0 fully saturated rings. The summed E-state index contributed by atoms with van der Waals surface area (Å²) >= 11 is 15.7. The molecule has 108 valence electrons. The van der Waals surface area contributed by atoms with Gasteiger partial charge in [-0.05, 0) is 41.1 Å². The molecule has 3 rings (SSSR count). The molecule has 0 radical (unpaired) electrons. The average Bonchev–Trinajstić information content (AvgIpc) is 2.78. The van der Waals surface area contributed by atoms with Gasteiger partial charge in [0.05, 0.1) is 27.1 Å². The van der Waals surface area contributed by atoms with Gasteiger partial charge < -0.3 is 0 Å². The number of imidazole rings is 1. The van der Waals surface area contributed by atoms with Gasteiger partial charge in [0.1, 0.15) is 11.6 Å². The number of alkyl halides is 1. The van der Waals surface area contributed by atoms with Crippen LogP contribution in [-0.2, 0) is 0 Å². The minimum Gasteiger partial charge on any atom is -0.294 e. The molecule has 21 heavy (non-hydrogen) atoms. The van der Waals surface area contributed by atoms with Gasteiger partial charge in [-0.15, -0.1) is 11.6 Å². The molecule has 6 heteroatoms. The van der Waals surface area contributed by atoms with Crippen molar-refractivity contribution in [2.45, 2.75) is 12.3 Å². The van der Waals surface area contributed by atoms with Gasteiger partial charge in [-0.2, -0.15) is 0 Å². The molecule has 0 N–H and O–H groups in total. The first-order valence-corrected chi connectivity index (χ1v) is 7.86. The third-order valence-electron chi connectivity index (χ3n) is 3.17. The number of rotatable bonds is 2. The zero-order chi connectivity index (χ0) is 15.1. The summed E-state index contributed by atoms with van der Waals surface area (Å²) in [5.41, 5.74) is 2.12. The molecule has 0 bridgehead atoms. The van der Waals surface area contributed by atoms with Crippen molar-refractivity contribution in [1.82, 2.24) is 9.55 Å². The number of hydrogen-bond acceptors (Lipinski definition) is 1. The highest BCUT2D eigenvalue weighted by atomic mass is 79.9. The lowest BCUT2D eigenvalue weighted by Gasteiger charge is -2.12. The fourth-order valence-corrected chi connectivity index (χ4v) is 3.01. The largest absolute Gasteiger partial charge is 0.294 e. The molecule has 0 amide bonds. The zero-order valence-electron chi connectivity index (χ0n) is 10.9. The van der Waals surface area contributed by atoms with Crippen LogP contribution in [0.25, 0.3) is 16.7 Å². The maximum absolute atomic E-state index is 13.6. The minimum absolute atomic E-state index is 0.0597. The highest BCUT2D eigenvalue weighted by molar-refractivity contribution is 9.10. The fraction of sp³-hybridized carbons (Fsp3) is 0.133. The number of nitrogens with zero attached hydrogens (tertiary/aromatic N) is 2. The average molecular weight is 388 g/mol. The van der Waals surface area contributed by atoms with Crippen molar-refractivity contribution in [1.29, 1.82) is 0 Å². The van der Waals surface area contributed by atoms with E-state index in [1.54, 1.807) is 6.07 Å². The van der Waals surface area contributed by atoms with Crippen LogP contribution >= 0.6 is 39.1 Å². The quantitative estimate of drug-likeness (QED) is 0.502. The highest BCUT2D eigenvalue weighted by Crippen LogP contribution is 2.33. The van der Waals surface area contributed by atoms with Crippen molar-refractivity contribution in [3.8, 4) is 5.69 Å². The number of aromatic nitrogens is 2. The van der Waals surface area contributed by atoms with Crippen LogP contribution in [0.5, 0.6) is 0 Å². The molecule has 0 saturated carbocycles. The molecule has 1 aromatic heterocycles. The number of para-hydroxylation sites is 1. The molecule has 2 nitrogen and oxygen atoms in total. The lowest BCUT2D eigenvalue weighted by molar-refractivity contribution is 0.630. The van der Waals surface area contributed by atoms with Gasteiger partial charge in [-0.3, -0.25) is 4.57 Å². The topological polar surface area (TPSA) is 17.8 Å². The van der Waals surface area contributed by atoms with Crippen LogP contribution in [0, 0.1) is 5.82 Å². The Bertz CT molecular complexity index is 830. The van der Waals surface area contributed by atoms with Crippen LogP contribution in [-0.4, -0.2) is 9.55 Å².